The normalized spacial score (nSPS) is 19.1. The SMILES string of the molecule is NCc1cc(S(=O)(=O)N2CCCOCC2)c[nH]1. The highest BCUT2D eigenvalue weighted by Crippen LogP contribution is 2.17. The van der Waals surface area contributed by atoms with E-state index in [-0.39, 0.29) is 4.90 Å². The minimum absolute atomic E-state index is 0.278. The quantitative estimate of drug-likeness (QED) is 0.792. The third kappa shape index (κ3) is 2.68. The lowest BCUT2D eigenvalue weighted by Gasteiger charge is -2.18. The lowest BCUT2D eigenvalue weighted by Crippen LogP contribution is -2.33. The predicted molar refractivity (Wildman–Crippen MR) is 62.9 cm³/mol. The van der Waals surface area contributed by atoms with Crippen molar-refractivity contribution in [2.24, 2.45) is 5.73 Å². The Labute approximate surface area is 101 Å². The third-order valence-electron chi connectivity index (χ3n) is 2.76. The Balaban J connectivity index is 2.22. The van der Waals surface area contributed by atoms with E-state index in [1.807, 2.05) is 0 Å². The maximum absolute atomic E-state index is 12.3. The number of hydrogen-bond acceptors (Lipinski definition) is 4. The van der Waals surface area contributed by atoms with Crippen LogP contribution in [0.15, 0.2) is 17.2 Å². The van der Waals surface area contributed by atoms with Gasteiger partial charge in [-0.1, -0.05) is 0 Å². The molecular formula is C10H17N3O3S. The molecule has 3 N–H and O–H groups in total. The minimum Gasteiger partial charge on any atom is -0.380 e. The van der Waals surface area contributed by atoms with Gasteiger partial charge in [-0.2, -0.15) is 4.31 Å². The molecule has 0 aromatic carbocycles. The zero-order valence-corrected chi connectivity index (χ0v) is 10.4. The Morgan fingerprint density at radius 3 is 2.94 bits per heavy atom. The van der Waals surface area contributed by atoms with Crippen LogP contribution in [0.1, 0.15) is 12.1 Å². The fourth-order valence-corrected chi connectivity index (χ4v) is 3.28. The zero-order chi connectivity index (χ0) is 12.3. The van der Waals surface area contributed by atoms with E-state index in [2.05, 4.69) is 4.98 Å². The van der Waals surface area contributed by atoms with Crippen LogP contribution in [0.3, 0.4) is 0 Å². The van der Waals surface area contributed by atoms with E-state index in [0.29, 0.717) is 32.8 Å². The third-order valence-corrected chi connectivity index (χ3v) is 4.63. The summed E-state index contributed by atoms with van der Waals surface area (Å²) in [5, 5.41) is 0. The zero-order valence-electron chi connectivity index (χ0n) is 9.55. The number of rotatable bonds is 3. The summed E-state index contributed by atoms with van der Waals surface area (Å²) in [6.45, 7) is 2.29. The first-order valence-corrected chi connectivity index (χ1v) is 7.04. The second-order valence-electron chi connectivity index (χ2n) is 3.93. The minimum atomic E-state index is -3.41. The van der Waals surface area contributed by atoms with Gasteiger partial charge >= 0.3 is 0 Å². The molecule has 0 aliphatic carbocycles. The molecule has 1 aromatic heterocycles. The molecule has 0 radical (unpaired) electrons. The number of sulfonamides is 1. The van der Waals surface area contributed by atoms with Gasteiger partial charge < -0.3 is 15.5 Å². The fourth-order valence-electron chi connectivity index (χ4n) is 1.80. The van der Waals surface area contributed by atoms with Gasteiger partial charge in [0, 0.05) is 38.1 Å². The highest BCUT2D eigenvalue weighted by molar-refractivity contribution is 7.89. The van der Waals surface area contributed by atoms with Gasteiger partial charge in [0.15, 0.2) is 0 Å². The van der Waals surface area contributed by atoms with Gasteiger partial charge in [0.05, 0.1) is 11.5 Å². The van der Waals surface area contributed by atoms with Crippen LogP contribution in [0.5, 0.6) is 0 Å². The van der Waals surface area contributed by atoms with Gasteiger partial charge in [-0.3, -0.25) is 0 Å². The molecule has 17 heavy (non-hydrogen) atoms. The fraction of sp³-hybridized carbons (Fsp3) is 0.600. The highest BCUT2D eigenvalue weighted by Gasteiger charge is 2.26. The Kier molecular flexibility index (Phi) is 3.82. The van der Waals surface area contributed by atoms with Crippen molar-refractivity contribution in [1.29, 1.82) is 0 Å². The number of nitrogens with two attached hydrogens (primary N) is 1. The molecule has 96 valence electrons. The maximum Gasteiger partial charge on any atom is 0.244 e. The second-order valence-corrected chi connectivity index (χ2v) is 5.87. The number of nitrogens with one attached hydrogen (secondary N) is 1. The lowest BCUT2D eigenvalue weighted by atomic mass is 10.4. The number of ether oxygens (including phenoxy) is 1. The Morgan fingerprint density at radius 2 is 2.24 bits per heavy atom. The summed E-state index contributed by atoms with van der Waals surface area (Å²) < 4.78 is 31.3. The summed E-state index contributed by atoms with van der Waals surface area (Å²) in [5.74, 6) is 0. The Hall–Kier alpha value is -0.890. The van der Waals surface area contributed by atoms with Crippen LogP contribution in [0.2, 0.25) is 0 Å². The molecule has 0 spiro atoms. The molecule has 2 rings (SSSR count). The first kappa shape index (κ1) is 12.6. The second kappa shape index (κ2) is 5.18. The number of H-pyrrole nitrogens is 1. The molecule has 0 amide bonds. The molecule has 0 unspecified atom stereocenters. The van der Waals surface area contributed by atoms with Crippen molar-refractivity contribution in [3.8, 4) is 0 Å². The average molecular weight is 259 g/mol. The maximum atomic E-state index is 12.3. The van der Waals surface area contributed by atoms with Gasteiger partial charge in [-0.05, 0) is 12.5 Å². The van der Waals surface area contributed by atoms with Crippen molar-refractivity contribution in [3.05, 3.63) is 18.0 Å². The summed E-state index contributed by atoms with van der Waals surface area (Å²) >= 11 is 0. The van der Waals surface area contributed by atoms with Crippen molar-refractivity contribution in [2.75, 3.05) is 26.3 Å². The number of nitrogens with zero attached hydrogens (tertiary/aromatic N) is 1. The summed E-state index contributed by atoms with van der Waals surface area (Å²) in [6, 6.07) is 1.58. The molecule has 1 fully saturated rings. The van der Waals surface area contributed by atoms with Gasteiger partial charge in [0.1, 0.15) is 0 Å². The number of aromatic nitrogens is 1. The van der Waals surface area contributed by atoms with Crippen LogP contribution in [0, 0.1) is 0 Å². The predicted octanol–water partition coefficient (Wildman–Crippen LogP) is -0.116. The van der Waals surface area contributed by atoms with Crippen molar-refractivity contribution in [3.63, 3.8) is 0 Å². The standard InChI is InChI=1S/C10H17N3O3S/c11-7-9-6-10(8-12-9)17(14,15)13-2-1-4-16-5-3-13/h6,8,12H,1-5,7,11H2. The van der Waals surface area contributed by atoms with Gasteiger partial charge in [-0.25, -0.2) is 8.42 Å². The van der Waals surface area contributed by atoms with Crippen molar-refractivity contribution >= 4 is 10.0 Å². The van der Waals surface area contributed by atoms with Crippen LogP contribution >= 0.6 is 0 Å². The van der Waals surface area contributed by atoms with Gasteiger partial charge in [0.25, 0.3) is 0 Å². The summed E-state index contributed by atoms with van der Waals surface area (Å²) in [4.78, 5) is 3.13. The summed E-state index contributed by atoms with van der Waals surface area (Å²) in [7, 11) is -3.41. The highest BCUT2D eigenvalue weighted by atomic mass is 32.2. The van der Waals surface area contributed by atoms with E-state index in [4.69, 9.17) is 10.5 Å². The first-order chi connectivity index (χ1) is 8.14. The molecule has 1 aliphatic heterocycles. The lowest BCUT2D eigenvalue weighted by molar-refractivity contribution is 0.148. The van der Waals surface area contributed by atoms with Crippen LogP contribution in [-0.2, 0) is 21.3 Å². The van der Waals surface area contributed by atoms with E-state index in [0.717, 1.165) is 12.1 Å². The molecule has 7 heteroatoms. The van der Waals surface area contributed by atoms with E-state index in [1.165, 1.54) is 10.5 Å². The van der Waals surface area contributed by atoms with E-state index in [9.17, 15) is 8.42 Å². The van der Waals surface area contributed by atoms with Crippen LogP contribution in [0.25, 0.3) is 0 Å². The van der Waals surface area contributed by atoms with E-state index >= 15 is 0 Å². The van der Waals surface area contributed by atoms with Crippen LogP contribution in [-0.4, -0.2) is 44.0 Å². The summed E-state index contributed by atoms with van der Waals surface area (Å²) in [5.41, 5.74) is 6.17. The van der Waals surface area contributed by atoms with Gasteiger partial charge in [-0.15, -0.1) is 0 Å². The number of aromatic amines is 1. The molecule has 1 aliphatic rings. The smallest absolute Gasteiger partial charge is 0.244 e. The van der Waals surface area contributed by atoms with Crippen LogP contribution in [0.4, 0.5) is 0 Å². The molecule has 0 saturated carbocycles. The molecule has 2 heterocycles. The Bertz CT molecular complexity index is 461. The summed E-state index contributed by atoms with van der Waals surface area (Å²) in [6.07, 6.45) is 2.22. The largest absolute Gasteiger partial charge is 0.380 e. The average Bonchev–Trinajstić information content (AvgIpc) is 2.64. The van der Waals surface area contributed by atoms with Crippen molar-refractivity contribution in [1.82, 2.24) is 9.29 Å². The molecule has 1 aromatic rings. The van der Waals surface area contributed by atoms with Crippen molar-refractivity contribution in [2.45, 2.75) is 17.9 Å². The van der Waals surface area contributed by atoms with Crippen LogP contribution < -0.4 is 5.73 Å². The van der Waals surface area contributed by atoms with Gasteiger partial charge in [0.2, 0.25) is 10.0 Å². The molecule has 0 atom stereocenters. The monoisotopic (exact) mass is 259 g/mol. The molecule has 6 nitrogen and oxygen atoms in total. The molecular weight excluding hydrogens is 242 g/mol. The number of hydrogen-bond donors (Lipinski definition) is 2. The Morgan fingerprint density at radius 1 is 1.41 bits per heavy atom. The molecule has 0 bridgehead atoms. The topological polar surface area (TPSA) is 88.4 Å². The van der Waals surface area contributed by atoms with E-state index < -0.39 is 10.0 Å². The molecule has 1 saturated heterocycles. The van der Waals surface area contributed by atoms with Crippen molar-refractivity contribution < 1.29 is 13.2 Å². The first-order valence-electron chi connectivity index (χ1n) is 5.60. The van der Waals surface area contributed by atoms with E-state index in [1.54, 1.807) is 6.07 Å².